The van der Waals surface area contributed by atoms with Crippen molar-refractivity contribution in [1.29, 1.82) is 0 Å². The van der Waals surface area contributed by atoms with Gasteiger partial charge in [0.2, 0.25) is 0 Å². The standard InChI is InChI=1S/C11H12F5NO2/c12-10(13)19-8-3-1-7(2-4-8)9(5-18)17-6-11(14,15)16/h1-4,9-10,17-18H,5-6H2. The van der Waals surface area contributed by atoms with E-state index in [-0.39, 0.29) is 5.75 Å². The predicted molar refractivity (Wildman–Crippen MR) is 57.0 cm³/mol. The van der Waals surface area contributed by atoms with Crippen LogP contribution in [0, 0.1) is 0 Å². The Morgan fingerprint density at radius 1 is 1.16 bits per heavy atom. The zero-order valence-electron chi connectivity index (χ0n) is 9.62. The second-order valence-corrected chi connectivity index (χ2v) is 3.68. The average Bonchev–Trinajstić information content (AvgIpc) is 2.29. The summed E-state index contributed by atoms with van der Waals surface area (Å²) in [5.41, 5.74) is 0.341. The molecule has 1 rings (SSSR count). The molecule has 0 heterocycles. The first-order chi connectivity index (χ1) is 8.81. The molecule has 0 aliphatic rings. The van der Waals surface area contributed by atoms with Crippen LogP contribution in [0.4, 0.5) is 22.0 Å². The van der Waals surface area contributed by atoms with E-state index in [1.165, 1.54) is 24.3 Å². The summed E-state index contributed by atoms with van der Waals surface area (Å²) >= 11 is 0. The van der Waals surface area contributed by atoms with Gasteiger partial charge in [-0.2, -0.15) is 22.0 Å². The third kappa shape index (κ3) is 5.84. The molecule has 8 heteroatoms. The minimum Gasteiger partial charge on any atom is -0.435 e. The molecule has 0 aliphatic carbocycles. The Kier molecular flexibility index (Phi) is 5.49. The summed E-state index contributed by atoms with van der Waals surface area (Å²) in [5.74, 6) is -0.105. The lowest BCUT2D eigenvalue weighted by Gasteiger charge is -2.18. The maximum Gasteiger partial charge on any atom is 0.401 e. The second-order valence-electron chi connectivity index (χ2n) is 3.68. The zero-order valence-corrected chi connectivity index (χ0v) is 9.62. The van der Waals surface area contributed by atoms with Gasteiger partial charge in [-0.1, -0.05) is 12.1 Å². The molecule has 0 fully saturated rings. The van der Waals surface area contributed by atoms with Crippen LogP contribution in [-0.4, -0.2) is 31.0 Å². The van der Waals surface area contributed by atoms with Crippen molar-refractivity contribution in [3.05, 3.63) is 29.8 Å². The van der Waals surface area contributed by atoms with Crippen molar-refractivity contribution in [2.45, 2.75) is 18.8 Å². The lowest BCUT2D eigenvalue weighted by atomic mass is 10.1. The molecule has 2 N–H and O–H groups in total. The fourth-order valence-corrected chi connectivity index (χ4v) is 1.41. The number of halogens is 5. The molecule has 1 aromatic carbocycles. The van der Waals surface area contributed by atoms with Gasteiger partial charge in [0.25, 0.3) is 0 Å². The van der Waals surface area contributed by atoms with Gasteiger partial charge in [0.05, 0.1) is 19.2 Å². The van der Waals surface area contributed by atoms with E-state index in [4.69, 9.17) is 5.11 Å². The van der Waals surface area contributed by atoms with Crippen molar-refractivity contribution in [2.75, 3.05) is 13.2 Å². The fraction of sp³-hybridized carbons (Fsp3) is 0.455. The molecule has 0 saturated heterocycles. The Morgan fingerprint density at radius 3 is 2.16 bits per heavy atom. The molecule has 1 aromatic rings. The quantitative estimate of drug-likeness (QED) is 0.789. The highest BCUT2D eigenvalue weighted by Crippen LogP contribution is 2.20. The topological polar surface area (TPSA) is 41.5 Å². The Morgan fingerprint density at radius 2 is 1.74 bits per heavy atom. The number of hydrogen-bond donors (Lipinski definition) is 2. The van der Waals surface area contributed by atoms with Gasteiger partial charge in [0.15, 0.2) is 0 Å². The van der Waals surface area contributed by atoms with Gasteiger partial charge in [0.1, 0.15) is 5.75 Å². The summed E-state index contributed by atoms with van der Waals surface area (Å²) in [6, 6.07) is 4.07. The van der Waals surface area contributed by atoms with E-state index >= 15 is 0 Å². The van der Waals surface area contributed by atoms with Gasteiger partial charge in [-0.05, 0) is 17.7 Å². The van der Waals surface area contributed by atoms with Crippen LogP contribution in [-0.2, 0) is 0 Å². The molecule has 0 amide bonds. The Labute approximate surface area is 106 Å². The molecule has 1 atom stereocenters. The summed E-state index contributed by atoms with van der Waals surface area (Å²) in [6.07, 6.45) is -4.40. The molecular weight excluding hydrogens is 273 g/mol. The molecule has 0 spiro atoms. The van der Waals surface area contributed by atoms with Crippen molar-refractivity contribution in [3.8, 4) is 5.75 Å². The number of aliphatic hydroxyl groups excluding tert-OH is 1. The Hall–Kier alpha value is -1.41. The number of ether oxygens (including phenoxy) is 1. The lowest BCUT2D eigenvalue weighted by Crippen LogP contribution is -2.33. The van der Waals surface area contributed by atoms with Crippen molar-refractivity contribution in [3.63, 3.8) is 0 Å². The first kappa shape index (κ1) is 15.6. The summed E-state index contributed by atoms with van der Waals surface area (Å²) in [4.78, 5) is 0. The van der Waals surface area contributed by atoms with E-state index in [1.807, 2.05) is 0 Å². The fourth-order valence-electron chi connectivity index (χ4n) is 1.41. The number of rotatable bonds is 6. The number of hydrogen-bond acceptors (Lipinski definition) is 3. The van der Waals surface area contributed by atoms with E-state index in [2.05, 4.69) is 10.1 Å². The minimum absolute atomic E-state index is 0.105. The van der Waals surface area contributed by atoms with Gasteiger partial charge < -0.3 is 9.84 Å². The van der Waals surface area contributed by atoms with Gasteiger partial charge in [-0.15, -0.1) is 0 Å². The van der Waals surface area contributed by atoms with E-state index in [0.717, 1.165) is 0 Å². The average molecular weight is 285 g/mol. The first-order valence-corrected chi connectivity index (χ1v) is 5.27. The summed E-state index contributed by atoms with van der Waals surface area (Å²) in [5, 5.41) is 11.1. The van der Waals surface area contributed by atoms with Crippen molar-refractivity contribution in [2.24, 2.45) is 0 Å². The van der Waals surface area contributed by atoms with Gasteiger partial charge in [0, 0.05) is 0 Å². The van der Waals surface area contributed by atoms with Crippen LogP contribution in [0.15, 0.2) is 24.3 Å². The Bertz CT molecular complexity index is 380. The minimum atomic E-state index is -4.40. The molecule has 0 aromatic heterocycles. The SMILES string of the molecule is OCC(NCC(F)(F)F)c1ccc(OC(F)F)cc1. The zero-order chi connectivity index (χ0) is 14.5. The smallest absolute Gasteiger partial charge is 0.401 e. The maximum absolute atomic E-state index is 12.0. The molecule has 0 bridgehead atoms. The highest BCUT2D eigenvalue weighted by molar-refractivity contribution is 5.29. The largest absolute Gasteiger partial charge is 0.435 e. The monoisotopic (exact) mass is 285 g/mol. The van der Waals surface area contributed by atoms with Crippen LogP contribution in [0.3, 0.4) is 0 Å². The molecule has 108 valence electrons. The number of nitrogens with one attached hydrogen (secondary N) is 1. The molecule has 19 heavy (non-hydrogen) atoms. The van der Waals surface area contributed by atoms with Gasteiger partial charge >= 0.3 is 12.8 Å². The number of aliphatic hydroxyl groups is 1. The third-order valence-corrected chi connectivity index (χ3v) is 2.24. The van der Waals surface area contributed by atoms with Crippen LogP contribution < -0.4 is 10.1 Å². The maximum atomic E-state index is 12.0. The normalized spacial score (nSPS) is 13.6. The molecular formula is C11H12F5NO2. The van der Waals surface area contributed by atoms with Crippen LogP contribution in [0.1, 0.15) is 11.6 Å². The van der Waals surface area contributed by atoms with Crippen LogP contribution in [0.25, 0.3) is 0 Å². The highest BCUT2D eigenvalue weighted by atomic mass is 19.4. The van der Waals surface area contributed by atoms with Crippen LogP contribution in [0.2, 0.25) is 0 Å². The van der Waals surface area contributed by atoms with E-state index < -0.39 is 32.0 Å². The molecule has 0 aliphatic heterocycles. The number of alkyl halides is 5. The van der Waals surface area contributed by atoms with Crippen molar-refractivity contribution in [1.82, 2.24) is 5.32 Å². The summed E-state index contributed by atoms with van der Waals surface area (Å²) < 4.78 is 64.0. The molecule has 0 radical (unpaired) electrons. The van der Waals surface area contributed by atoms with Crippen molar-refractivity contribution < 1.29 is 31.8 Å². The van der Waals surface area contributed by atoms with E-state index in [0.29, 0.717) is 5.56 Å². The van der Waals surface area contributed by atoms with Gasteiger partial charge in [-0.3, -0.25) is 5.32 Å². The Balaban J connectivity index is 2.66. The van der Waals surface area contributed by atoms with E-state index in [1.54, 1.807) is 0 Å². The van der Waals surface area contributed by atoms with Crippen LogP contribution in [0.5, 0.6) is 5.75 Å². The highest BCUT2D eigenvalue weighted by Gasteiger charge is 2.28. The van der Waals surface area contributed by atoms with E-state index in [9.17, 15) is 22.0 Å². The van der Waals surface area contributed by atoms with Gasteiger partial charge in [-0.25, -0.2) is 0 Å². The molecule has 1 unspecified atom stereocenters. The second kappa shape index (κ2) is 6.67. The van der Waals surface area contributed by atoms with Crippen molar-refractivity contribution >= 4 is 0 Å². The third-order valence-electron chi connectivity index (χ3n) is 2.24. The molecule has 3 nitrogen and oxygen atoms in total. The molecule has 0 saturated carbocycles. The first-order valence-electron chi connectivity index (χ1n) is 5.27. The lowest BCUT2D eigenvalue weighted by molar-refractivity contribution is -0.126. The summed E-state index contributed by atoms with van der Waals surface area (Å²) in [6.45, 7) is -4.78. The number of benzene rings is 1. The van der Waals surface area contributed by atoms with Crippen LogP contribution >= 0.6 is 0 Å². The summed E-state index contributed by atoms with van der Waals surface area (Å²) in [7, 11) is 0. The predicted octanol–water partition coefficient (Wildman–Crippen LogP) is 2.47.